The summed E-state index contributed by atoms with van der Waals surface area (Å²) in [5.74, 6) is 0. The molecule has 0 spiro atoms. The topological polar surface area (TPSA) is 131 Å². The molecule has 0 aliphatic carbocycles. The minimum absolute atomic E-state index is 0.181. The fourth-order valence-corrected chi connectivity index (χ4v) is 4.71. The molecule has 108 valence electrons. The van der Waals surface area contributed by atoms with Crippen LogP contribution in [-0.2, 0) is 24.7 Å². The number of imidazole rings is 1. The Morgan fingerprint density at radius 1 is 1.53 bits per heavy atom. The highest BCUT2D eigenvalue weighted by atomic mass is 31.2. The van der Waals surface area contributed by atoms with Crippen molar-refractivity contribution in [2.45, 2.75) is 18.0 Å². The standard InChI is InChI=1S/C8H14N2O7P2/c11-8(18(12,13)14,6-10-3-2-9-7-10)19(15)16-4-1-5-17-19/h2-3,7,11H,1,4-6H2,(H2,12,13,14)/i6D2. The van der Waals surface area contributed by atoms with E-state index >= 15 is 0 Å². The summed E-state index contributed by atoms with van der Waals surface area (Å²) < 4.78 is 50.2. The maximum absolute atomic E-state index is 12.6. The lowest BCUT2D eigenvalue weighted by molar-refractivity contribution is 0.0648. The van der Waals surface area contributed by atoms with Gasteiger partial charge in [0.2, 0.25) is 0 Å². The molecule has 19 heavy (non-hydrogen) atoms. The summed E-state index contributed by atoms with van der Waals surface area (Å²) >= 11 is 0. The van der Waals surface area contributed by atoms with Gasteiger partial charge in [0.05, 0.1) is 28.8 Å². The molecule has 1 unspecified atom stereocenters. The Kier molecular flexibility index (Phi) is 3.29. The molecule has 1 aliphatic heterocycles. The van der Waals surface area contributed by atoms with Gasteiger partial charge in [0.15, 0.2) is 0 Å². The van der Waals surface area contributed by atoms with Gasteiger partial charge in [-0.1, -0.05) is 0 Å². The summed E-state index contributed by atoms with van der Waals surface area (Å²) in [6.45, 7) is -3.55. The van der Waals surface area contributed by atoms with E-state index in [1.807, 2.05) is 0 Å². The van der Waals surface area contributed by atoms with Crippen molar-refractivity contribution in [3.63, 3.8) is 0 Å². The molecule has 0 radical (unpaired) electrons. The van der Waals surface area contributed by atoms with Crippen molar-refractivity contribution in [1.82, 2.24) is 9.55 Å². The minimum atomic E-state index is -5.67. The van der Waals surface area contributed by atoms with Gasteiger partial charge in [-0.05, 0) is 6.42 Å². The summed E-state index contributed by atoms with van der Waals surface area (Å²) in [6.07, 6.45) is 3.35. The molecule has 1 aromatic heterocycles. The summed E-state index contributed by atoms with van der Waals surface area (Å²) in [5.41, 5.74) is 0. The van der Waals surface area contributed by atoms with E-state index in [2.05, 4.69) is 4.98 Å². The lowest BCUT2D eigenvalue weighted by atomic mass is 10.5. The lowest BCUT2D eigenvalue weighted by Crippen LogP contribution is -2.37. The molecular weight excluding hydrogens is 298 g/mol. The van der Waals surface area contributed by atoms with Gasteiger partial charge in [-0.25, -0.2) is 4.98 Å². The molecular formula is C8H14N2O7P2. The second-order valence-corrected chi connectivity index (χ2v) is 8.03. The van der Waals surface area contributed by atoms with Crippen LogP contribution in [0.2, 0.25) is 0 Å². The second-order valence-electron chi connectivity index (χ2n) is 3.78. The van der Waals surface area contributed by atoms with Gasteiger partial charge in [-0.2, -0.15) is 0 Å². The molecule has 11 heteroatoms. The molecule has 0 saturated carbocycles. The summed E-state index contributed by atoms with van der Waals surface area (Å²) in [7, 11) is -10.5. The Morgan fingerprint density at radius 2 is 2.16 bits per heavy atom. The van der Waals surface area contributed by atoms with Crippen molar-refractivity contribution in [3.8, 4) is 0 Å². The van der Waals surface area contributed by atoms with E-state index in [0.717, 1.165) is 18.7 Å². The Hall–Kier alpha value is -0.530. The van der Waals surface area contributed by atoms with Crippen LogP contribution in [0.25, 0.3) is 0 Å². The fraction of sp³-hybridized carbons (Fsp3) is 0.625. The summed E-state index contributed by atoms with van der Waals surface area (Å²) in [5, 5.41) is 6.73. The van der Waals surface area contributed by atoms with Crippen molar-refractivity contribution in [2.75, 3.05) is 13.2 Å². The van der Waals surface area contributed by atoms with E-state index in [0.29, 0.717) is 11.0 Å². The number of hydrogen-bond acceptors (Lipinski definition) is 6. The summed E-state index contributed by atoms with van der Waals surface area (Å²) in [6, 6.07) is 0. The number of hydrogen-bond donors (Lipinski definition) is 3. The first-order chi connectivity index (χ1) is 9.56. The van der Waals surface area contributed by atoms with E-state index < -0.39 is 26.8 Å². The average Bonchev–Trinajstić information content (AvgIpc) is 2.91. The van der Waals surface area contributed by atoms with E-state index in [1.165, 1.54) is 0 Å². The maximum atomic E-state index is 12.6. The Bertz CT molecular complexity index is 594. The van der Waals surface area contributed by atoms with Gasteiger partial charge in [0.1, 0.15) is 0 Å². The Balaban J connectivity index is 2.63. The third-order valence-electron chi connectivity index (χ3n) is 2.38. The van der Waals surface area contributed by atoms with Gasteiger partial charge in [0, 0.05) is 12.4 Å². The van der Waals surface area contributed by atoms with Gasteiger partial charge in [-0.3, -0.25) is 9.13 Å². The molecule has 0 bridgehead atoms. The highest BCUT2D eigenvalue weighted by molar-refractivity contribution is 7.73. The number of aliphatic hydroxyl groups is 1. The smallest absolute Gasteiger partial charge is 0.366 e. The van der Waals surface area contributed by atoms with E-state index in [9.17, 15) is 24.0 Å². The molecule has 1 aromatic rings. The lowest BCUT2D eigenvalue weighted by Gasteiger charge is -2.36. The first kappa shape index (κ1) is 12.2. The van der Waals surface area contributed by atoms with Crippen molar-refractivity contribution < 1.29 is 35.8 Å². The fourth-order valence-electron chi connectivity index (χ4n) is 1.43. The van der Waals surface area contributed by atoms with Crippen LogP contribution >= 0.6 is 15.2 Å². The number of nitrogens with zero attached hydrogens (tertiary/aromatic N) is 2. The van der Waals surface area contributed by atoms with Gasteiger partial charge >= 0.3 is 15.2 Å². The van der Waals surface area contributed by atoms with Crippen LogP contribution in [0.15, 0.2) is 18.7 Å². The van der Waals surface area contributed by atoms with Crippen molar-refractivity contribution in [1.29, 1.82) is 0 Å². The molecule has 2 rings (SSSR count). The zero-order valence-electron chi connectivity index (χ0n) is 11.6. The van der Waals surface area contributed by atoms with Crippen LogP contribution in [0.4, 0.5) is 0 Å². The van der Waals surface area contributed by atoms with Crippen molar-refractivity contribution >= 4 is 15.2 Å². The highest BCUT2D eigenvalue weighted by Crippen LogP contribution is 2.73. The van der Waals surface area contributed by atoms with Gasteiger partial charge < -0.3 is 28.5 Å². The zero-order valence-corrected chi connectivity index (χ0v) is 11.4. The molecule has 9 nitrogen and oxygen atoms in total. The van der Waals surface area contributed by atoms with Crippen molar-refractivity contribution in [3.05, 3.63) is 18.7 Å². The Morgan fingerprint density at radius 3 is 2.63 bits per heavy atom. The van der Waals surface area contributed by atoms with Crippen molar-refractivity contribution in [2.24, 2.45) is 0 Å². The van der Waals surface area contributed by atoms with Crippen LogP contribution in [0.5, 0.6) is 0 Å². The summed E-state index contributed by atoms with van der Waals surface area (Å²) in [4.78, 5) is 22.4. The van der Waals surface area contributed by atoms with Gasteiger partial charge in [0.25, 0.3) is 5.08 Å². The second kappa shape index (κ2) is 5.10. The first-order valence-electron chi connectivity index (χ1n) is 6.22. The molecule has 1 aliphatic rings. The average molecular weight is 314 g/mol. The SMILES string of the molecule is [2H]C([2H])(n1ccnc1)C(O)(P(=O)(O)O)P1(=O)OCCCO1. The molecule has 0 amide bonds. The normalized spacial score (nSPS) is 25.2. The third kappa shape index (κ3) is 2.68. The highest BCUT2D eigenvalue weighted by Gasteiger charge is 2.63. The molecule has 1 atom stereocenters. The molecule has 2 heterocycles. The minimum Gasteiger partial charge on any atom is -0.366 e. The predicted molar refractivity (Wildman–Crippen MR) is 63.3 cm³/mol. The number of aromatic nitrogens is 2. The van der Waals surface area contributed by atoms with Gasteiger partial charge in [-0.15, -0.1) is 0 Å². The van der Waals surface area contributed by atoms with E-state index in [-0.39, 0.29) is 13.2 Å². The van der Waals surface area contributed by atoms with E-state index in [4.69, 9.17) is 11.8 Å². The Labute approximate surface area is 111 Å². The van der Waals surface area contributed by atoms with E-state index in [1.54, 1.807) is 0 Å². The number of rotatable bonds is 4. The largest absolute Gasteiger partial charge is 0.376 e. The molecule has 0 aromatic carbocycles. The van der Waals surface area contributed by atoms with Crippen LogP contribution in [0.3, 0.4) is 0 Å². The monoisotopic (exact) mass is 314 g/mol. The maximum Gasteiger partial charge on any atom is 0.376 e. The first-order valence-corrected chi connectivity index (χ1v) is 8.37. The third-order valence-corrected chi connectivity index (χ3v) is 6.72. The van der Waals surface area contributed by atoms with Crippen LogP contribution in [-0.4, -0.2) is 42.7 Å². The molecule has 1 saturated heterocycles. The zero-order chi connectivity index (χ0) is 15.9. The van der Waals surface area contributed by atoms with Crippen LogP contribution in [0.1, 0.15) is 9.16 Å². The van der Waals surface area contributed by atoms with Crippen LogP contribution < -0.4 is 0 Å². The predicted octanol–water partition coefficient (Wildman–Crippen LogP) is 0.337. The molecule has 1 fully saturated rings. The van der Waals surface area contributed by atoms with Crippen LogP contribution in [0, 0.1) is 0 Å². The molecule has 3 N–H and O–H groups in total. The quantitative estimate of drug-likeness (QED) is 0.678.